The van der Waals surface area contributed by atoms with Crippen LogP contribution in [-0.4, -0.2) is 0 Å². The van der Waals surface area contributed by atoms with Crippen LogP contribution in [0, 0.1) is 6.92 Å². The molecule has 0 fully saturated rings. The Morgan fingerprint density at radius 3 is 2.33 bits per heavy atom. The zero-order valence-electron chi connectivity index (χ0n) is 7.74. The van der Waals surface area contributed by atoms with Gasteiger partial charge in [-0.25, -0.2) is 0 Å². The first kappa shape index (κ1) is 9.34. The molecule has 0 heterocycles. The van der Waals surface area contributed by atoms with Crippen molar-refractivity contribution >= 4 is 23.8 Å². The van der Waals surface area contributed by atoms with E-state index in [-0.39, 0.29) is 0 Å². The van der Waals surface area contributed by atoms with Crippen molar-refractivity contribution in [3.63, 3.8) is 0 Å². The van der Waals surface area contributed by atoms with Gasteiger partial charge in [-0.3, -0.25) is 0 Å². The van der Waals surface area contributed by atoms with E-state index in [2.05, 4.69) is 20.4 Å². The van der Waals surface area contributed by atoms with Gasteiger partial charge in [-0.2, -0.15) is 0 Å². The van der Waals surface area contributed by atoms with Crippen molar-refractivity contribution in [2.45, 2.75) is 20.8 Å². The third kappa shape index (κ3) is 1.54. The van der Waals surface area contributed by atoms with Gasteiger partial charge in [-0.15, -0.1) is 0 Å². The summed E-state index contributed by atoms with van der Waals surface area (Å²) in [6.45, 7) is 10.1. The summed E-state index contributed by atoms with van der Waals surface area (Å²) < 4.78 is 0. The van der Waals surface area contributed by atoms with Gasteiger partial charge in [-0.05, 0) is 42.8 Å². The average molecular weight is 181 g/mol. The van der Waals surface area contributed by atoms with Gasteiger partial charge in [0.05, 0.1) is 0 Å². The van der Waals surface area contributed by atoms with Crippen LogP contribution in [0.1, 0.15) is 19.4 Å². The van der Waals surface area contributed by atoms with Crippen molar-refractivity contribution < 1.29 is 0 Å². The zero-order chi connectivity index (χ0) is 9.30. The topological polar surface area (TPSA) is 0 Å². The molecule has 0 saturated carbocycles. The highest BCUT2D eigenvalue weighted by molar-refractivity contribution is 6.30. The van der Waals surface area contributed by atoms with Crippen molar-refractivity contribution in [1.29, 1.82) is 0 Å². The fraction of sp³-hybridized carbons (Fsp3) is 0.273. The van der Waals surface area contributed by atoms with E-state index in [4.69, 9.17) is 11.6 Å². The van der Waals surface area contributed by atoms with Crippen LogP contribution in [-0.2, 0) is 0 Å². The van der Waals surface area contributed by atoms with Crippen LogP contribution >= 0.6 is 11.6 Å². The molecule has 12 heavy (non-hydrogen) atoms. The molecule has 0 nitrogen and oxygen atoms in total. The lowest BCUT2D eigenvalue weighted by molar-refractivity contribution is 1.35. The minimum Gasteiger partial charge on any atom is -0.0908 e. The molecule has 0 aliphatic carbocycles. The lowest BCUT2D eigenvalue weighted by Gasteiger charge is -1.99. The fourth-order valence-electron chi connectivity index (χ4n) is 1.26. The van der Waals surface area contributed by atoms with Gasteiger partial charge in [0.1, 0.15) is 0 Å². The molecule has 0 atom stereocenters. The maximum atomic E-state index is 6.04. The predicted octanol–water partition coefficient (Wildman–Crippen LogP) is 2.25. The molecule has 0 aromatic heterocycles. The lowest BCUT2D eigenvalue weighted by atomic mass is 10.1. The van der Waals surface area contributed by atoms with Gasteiger partial charge in [0.15, 0.2) is 0 Å². The van der Waals surface area contributed by atoms with Crippen molar-refractivity contribution in [3.8, 4) is 0 Å². The third-order valence-electron chi connectivity index (χ3n) is 2.00. The van der Waals surface area contributed by atoms with E-state index in [1.807, 2.05) is 19.1 Å². The first-order valence-electron chi connectivity index (χ1n) is 3.95. The van der Waals surface area contributed by atoms with E-state index < -0.39 is 0 Å². The fourth-order valence-corrected chi connectivity index (χ4v) is 1.63. The number of aryl methyl sites for hydroxylation is 1. The Kier molecular flexibility index (Phi) is 2.58. The Bertz CT molecular complexity index is 398. The quantitative estimate of drug-likeness (QED) is 0.575. The van der Waals surface area contributed by atoms with Crippen LogP contribution in [0.2, 0.25) is 5.02 Å². The minimum atomic E-state index is 0.797. The van der Waals surface area contributed by atoms with Crippen molar-refractivity contribution in [1.82, 2.24) is 0 Å². The van der Waals surface area contributed by atoms with E-state index >= 15 is 0 Å². The van der Waals surface area contributed by atoms with Gasteiger partial charge < -0.3 is 0 Å². The van der Waals surface area contributed by atoms with Crippen LogP contribution in [0.3, 0.4) is 0 Å². The largest absolute Gasteiger partial charge is 0.0908 e. The van der Waals surface area contributed by atoms with Crippen molar-refractivity contribution in [2.24, 2.45) is 0 Å². The molecule has 1 heteroatoms. The summed E-state index contributed by atoms with van der Waals surface area (Å²) in [5, 5.41) is 2.93. The van der Waals surface area contributed by atoms with Crippen LogP contribution in [0.25, 0.3) is 12.2 Å². The summed E-state index contributed by atoms with van der Waals surface area (Å²) >= 11 is 6.04. The molecule has 0 radical (unpaired) electrons. The Balaban J connectivity index is 3.81. The summed E-state index contributed by atoms with van der Waals surface area (Å²) in [4.78, 5) is 0. The predicted molar refractivity (Wildman–Crippen MR) is 55.7 cm³/mol. The van der Waals surface area contributed by atoms with Gasteiger partial charge >= 0.3 is 0 Å². The molecule has 0 aliphatic rings. The number of hydrogen-bond donors (Lipinski definition) is 0. The summed E-state index contributed by atoms with van der Waals surface area (Å²) in [5.74, 6) is 0. The zero-order valence-corrected chi connectivity index (χ0v) is 8.50. The van der Waals surface area contributed by atoms with E-state index in [9.17, 15) is 0 Å². The van der Waals surface area contributed by atoms with Crippen LogP contribution in [0.5, 0.6) is 0 Å². The highest BCUT2D eigenvalue weighted by atomic mass is 35.5. The molecule has 0 bridgehead atoms. The Hall–Kier alpha value is -0.750. The van der Waals surface area contributed by atoms with Crippen LogP contribution in [0.15, 0.2) is 12.1 Å². The monoisotopic (exact) mass is 180 g/mol. The standard InChI is InChI=1S/C11H13Cl/c1-7(2)11-9(4)8(3)5-6-10(11)12/h5-6H,4H2,1-3H3. The molecule has 0 aliphatic heterocycles. The van der Waals surface area contributed by atoms with Gasteiger partial charge in [-0.1, -0.05) is 29.8 Å². The molecule has 0 spiro atoms. The number of halogens is 1. The molecule has 1 aromatic rings. The molecule has 0 N–H and O–H groups in total. The van der Waals surface area contributed by atoms with Crippen LogP contribution < -0.4 is 10.4 Å². The molecule has 64 valence electrons. The molecular weight excluding hydrogens is 168 g/mol. The lowest BCUT2D eigenvalue weighted by Crippen LogP contribution is -2.28. The van der Waals surface area contributed by atoms with Crippen molar-refractivity contribution in [3.05, 3.63) is 33.2 Å². The van der Waals surface area contributed by atoms with E-state index in [1.165, 1.54) is 11.1 Å². The SMILES string of the molecule is C=c1c(C)ccc(Cl)c1=C(C)C. The van der Waals surface area contributed by atoms with E-state index in [0.29, 0.717) is 0 Å². The minimum absolute atomic E-state index is 0.797. The van der Waals surface area contributed by atoms with E-state index in [1.54, 1.807) is 0 Å². The first-order valence-corrected chi connectivity index (χ1v) is 4.33. The number of hydrogen-bond acceptors (Lipinski definition) is 0. The van der Waals surface area contributed by atoms with Gasteiger partial charge in [0.2, 0.25) is 0 Å². The highest BCUT2D eigenvalue weighted by Crippen LogP contribution is 2.01. The van der Waals surface area contributed by atoms with Gasteiger partial charge in [0.25, 0.3) is 0 Å². The number of rotatable bonds is 0. The smallest absolute Gasteiger partial charge is 0.0483 e. The molecular formula is C11H13Cl. The highest BCUT2D eigenvalue weighted by Gasteiger charge is 1.95. The maximum absolute atomic E-state index is 6.04. The molecule has 1 aromatic carbocycles. The Morgan fingerprint density at radius 2 is 1.92 bits per heavy atom. The molecule has 0 amide bonds. The Labute approximate surface area is 78.2 Å². The summed E-state index contributed by atoms with van der Waals surface area (Å²) in [6, 6.07) is 3.92. The second kappa shape index (κ2) is 3.32. The van der Waals surface area contributed by atoms with E-state index in [0.717, 1.165) is 15.5 Å². The summed E-state index contributed by atoms with van der Waals surface area (Å²) in [7, 11) is 0. The summed E-state index contributed by atoms with van der Waals surface area (Å²) in [5.41, 5.74) is 2.41. The number of benzene rings is 1. The second-order valence-corrected chi connectivity index (χ2v) is 3.63. The Morgan fingerprint density at radius 1 is 1.33 bits per heavy atom. The first-order chi connectivity index (χ1) is 5.54. The summed E-state index contributed by atoms with van der Waals surface area (Å²) in [6.07, 6.45) is 0. The second-order valence-electron chi connectivity index (χ2n) is 3.22. The normalized spacial score (nSPS) is 10.0. The van der Waals surface area contributed by atoms with Crippen molar-refractivity contribution in [2.75, 3.05) is 0 Å². The molecule has 0 unspecified atom stereocenters. The van der Waals surface area contributed by atoms with Crippen LogP contribution in [0.4, 0.5) is 0 Å². The average Bonchev–Trinajstić information content (AvgIpc) is 1.97. The maximum Gasteiger partial charge on any atom is 0.0483 e. The molecule has 1 rings (SSSR count). The third-order valence-corrected chi connectivity index (χ3v) is 2.31. The molecule has 0 saturated heterocycles. The van der Waals surface area contributed by atoms with Gasteiger partial charge in [0, 0.05) is 5.02 Å².